The van der Waals surface area contributed by atoms with Gasteiger partial charge in [-0.15, -0.1) is 0 Å². The van der Waals surface area contributed by atoms with Crippen LogP contribution in [0.25, 0.3) is 0 Å². The van der Waals surface area contributed by atoms with Gasteiger partial charge in [-0.05, 0) is 68.9 Å². The molecule has 1 fully saturated rings. The molecule has 0 bridgehead atoms. The average Bonchev–Trinajstić information content (AvgIpc) is 3.49. The molecule has 9 nitrogen and oxygen atoms in total. The molecule has 3 amide bonds. The van der Waals surface area contributed by atoms with E-state index in [0.29, 0.717) is 31.0 Å². The number of amides is 3. The lowest BCUT2D eigenvalue weighted by Gasteiger charge is -2.41. The van der Waals surface area contributed by atoms with E-state index < -0.39 is 17.7 Å². The van der Waals surface area contributed by atoms with Crippen molar-refractivity contribution < 1.29 is 28.6 Å². The number of ether oxygens (including phenoxy) is 3. The lowest BCUT2D eigenvalue weighted by atomic mass is 9.73. The van der Waals surface area contributed by atoms with Gasteiger partial charge in [-0.25, -0.2) is 4.79 Å². The Morgan fingerprint density at radius 1 is 1.07 bits per heavy atom. The zero-order valence-corrected chi connectivity index (χ0v) is 24.0. The van der Waals surface area contributed by atoms with Crippen molar-refractivity contribution in [2.45, 2.75) is 69.4 Å². The molecule has 214 valence electrons. The van der Waals surface area contributed by atoms with E-state index in [0.717, 1.165) is 30.4 Å². The standard InChI is InChI=1S/C31H39N3O6/c1-30(2,3)40-29(37)32-24(16-20-10-11-25-26(17-20)39-19-38-25)28(36)34-14-12-31(13-15-34)18-22(27(35)33(4)5)21-8-6-7-9-23(21)31/h6-11,17,22,24H,12-16,18-19H2,1-5H3,(H,32,37). The first-order chi connectivity index (χ1) is 19.0. The van der Waals surface area contributed by atoms with Crippen molar-refractivity contribution in [3.63, 3.8) is 0 Å². The van der Waals surface area contributed by atoms with Crippen molar-refractivity contribution >= 4 is 17.9 Å². The Labute approximate surface area is 235 Å². The fraction of sp³-hybridized carbons (Fsp3) is 0.516. The summed E-state index contributed by atoms with van der Waals surface area (Å²) in [6, 6.07) is 13.0. The normalized spacial score (nSPS) is 19.6. The second kappa shape index (κ2) is 10.7. The first kappa shape index (κ1) is 27.8. The number of nitrogens with one attached hydrogen (secondary N) is 1. The van der Waals surface area contributed by atoms with Crippen molar-refractivity contribution in [1.82, 2.24) is 15.1 Å². The third-order valence-corrected chi connectivity index (χ3v) is 8.14. The molecular formula is C31H39N3O6. The Hall–Kier alpha value is -3.75. The fourth-order valence-electron chi connectivity index (χ4n) is 6.23. The number of piperidine rings is 1. The number of carbonyl (C=O) groups is 3. The molecule has 1 N–H and O–H groups in total. The summed E-state index contributed by atoms with van der Waals surface area (Å²) in [6.07, 6.45) is 1.93. The van der Waals surface area contributed by atoms with E-state index in [1.807, 2.05) is 35.2 Å². The number of hydrogen-bond donors (Lipinski definition) is 1. The maximum atomic E-state index is 13.9. The average molecular weight is 550 g/mol. The molecule has 2 aromatic carbocycles. The van der Waals surface area contributed by atoms with E-state index in [-0.39, 0.29) is 29.9 Å². The number of carbonyl (C=O) groups excluding carboxylic acids is 3. The molecule has 1 spiro atoms. The number of alkyl carbamates (subject to hydrolysis) is 1. The molecule has 2 aliphatic heterocycles. The third kappa shape index (κ3) is 5.60. The largest absolute Gasteiger partial charge is 0.454 e. The van der Waals surface area contributed by atoms with Crippen LogP contribution in [0.5, 0.6) is 11.5 Å². The lowest BCUT2D eigenvalue weighted by molar-refractivity contribution is -0.135. The SMILES string of the molecule is CN(C)C(=O)C1CC2(CCN(C(=O)C(Cc3ccc4c(c3)OCO4)NC(=O)OC(C)(C)C)CC2)c2ccccc21. The van der Waals surface area contributed by atoms with Gasteiger partial charge in [0, 0.05) is 39.0 Å². The predicted octanol–water partition coefficient (Wildman–Crippen LogP) is 3.99. The Kier molecular flexibility index (Phi) is 7.42. The van der Waals surface area contributed by atoms with Gasteiger partial charge in [0.1, 0.15) is 11.6 Å². The molecule has 2 unspecified atom stereocenters. The Bertz CT molecular complexity index is 1290. The van der Waals surface area contributed by atoms with Gasteiger partial charge in [-0.2, -0.15) is 0 Å². The highest BCUT2D eigenvalue weighted by atomic mass is 16.7. The van der Waals surface area contributed by atoms with Gasteiger partial charge in [0.05, 0.1) is 5.92 Å². The second-order valence-electron chi connectivity index (χ2n) is 12.3. The molecule has 2 atom stereocenters. The first-order valence-electron chi connectivity index (χ1n) is 13.9. The lowest BCUT2D eigenvalue weighted by Crippen LogP contribution is -2.54. The molecule has 0 saturated carbocycles. The van der Waals surface area contributed by atoms with Crippen molar-refractivity contribution in [2.24, 2.45) is 0 Å². The molecule has 0 aromatic heterocycles. The maximum Gasteiger partial charge on any atom is 0.408 e. The number of fused-ring (bicyclic) bond motifs is 3. The van der Waals surface area contributed by atoms with Gasteiger partial charge in [-0.3, -0.25) is 9.59 Å². The quantitative estimate of drug-likeness (QED) is 0.606. The van der Waals surface area contributed by atoms with E-state index in [1.54, 1.807) is 39.8 Å². The van der Waals surface area contributed by atoms with Gasteiger partial charge in [-0.1, -0.05) is 30.3 Å². The van der Waals surface area contributed by atoms with Crippen molar-refractivity contribution in [3.05, 3.63) is 59.2 Å². The zero-order valence-electron chi connectivity index (χ0n) is 24.0. The van der Waals surface area contributed by atoms with Crippen LogP contribution in [0.2, 0.25) is 0 Å². The van der Waals surface area contributed by atoms with E-state index in [9.17, 15) is 14.4 Å². The molecule has 0 radical (unpaired) electrons. The minimum Gasteiger partial charge on any atom is -0.454 e. The Morgan fingerprint density at radius 3 is 2.48 bits per heavy atom. The summed E-state index contributed by atoms with van der Waals surface area (Å²) in [7, 11) is 3.60. The molecule has 5 rings (SSSR count). The maximum absolute atomic E-state index is 13.9. The third-order valence-electron chi connectivity index (χ3n) is 8.14. The number of hydrogen-bond acceptors (Lipinski definition) is 6. The van der Waals surface area contributed by atoms with Crippen molar-refractivity contribution in [1.29, 1.82) is 0 Å². The van der Waals surface area contributed by atoms with Crippen LogP contribution in [-0.2, 0) is 26.2 Å². The van der Waals surface area contributed by atoms with Crippen LogP contribution in [0.1, 0.15) is 62.6 Å². The summed E-state index contributed by atoms with van der Waals surface area (Å²) >= 11 is 0. The highest BCUT2D eigenvalue weighted by molar-refractivity contribution is 5.87. The van der Waals surface area contributed by atoms with Crippen LogP contribution in [0.15, 0.2) is 42.5 Å². The van der Waals surface area contributed by atoms with Gasteiger partial charge in [0.15, 0.2) is 11.5 Å². The minimum absolute atomic E-state index is 0.119. The molecule has 2 aromatic rings. The fourth-order valence-corrected chi connectivity index (χ4v) is 6.23. The van der Waals surface area contributed by atoms with Crippen LogP contribution in [0.3, 0.4) is 0 Å². The van der Waals surface area contributed by atoms with Crippen molar-refractivity contribution in [3.8, 4) is 11.5 Å². The summed E-state index contributed by atoms with van der Waals surface area (Å²) in [4.78, 5) is 43.2. The monoisotopic (exact) mass is 549 g/mol. The van der Waals surface area contributed by atoms with Crippen LogP contribution < -0.4 is 14.8 Å². The molecule has 2 heterocycles. The molecule has 9 heteroatoms. The zero-order chi connectivity index (χ0) is 28.7. The van der Waals surface area contributed by atoms with Gasteiger partial charge in [0.2, 0.25) is 18.6 Å². The summed E-state index contributed by atoms with van der Waals surface area (Å²) in [5, 5.41) is 2.82. The molecule has 3 aliphatic rings. The first-order valence-corrected chi connectivity index (χ1v) is 13.9. The van der Waals surface area contributed by atoms with Gasteiger partial charge >= 0.3 is 6.09 Å². The summed E-state index contributed by atoms with van der Waals surface area (Å²) < 4.78 is 16.4. The smallest absolute Gasteiger partial charge is 0.408 e. The van der Waals surface area contributed by atoms with Crippen LogP contribution in [-0.4, -0.2) is 73.3 Å². The van der Waals surface area contributed by atoms with Crippen LogP contribution in [0, 0.1) is 0 Å². The van der Waals surface area contributed by atoms with E-state index >= 15 is 0 Å². The minimum atomic E-state index is -0.803. The Morgan fingerprint density at radius 2 is 1.77 bits per heavy atom. The predicted molar refractivity (Wildman–Crippen MR) is 149 cm³/mol. The highest BCUT2D eigenvalue weighted by Crippen LogP contribution is 2.52. The molecule has 1 aliphatic carbocycles. The summed E-state index contributed by atoms with van der Waals surface area (Å²) in [6.45, 7) is 6.63. The summed E-state index contributed by atoms with van der Waals surface area (Å²) in [5.41, 5.74) is 2.35. The number of likely N-dealkylation sites (tertiary alicyclic amines) is 1. The molecule has 40 heavy (non-hydrogen) atoms. The van der Waals surface area contributed by atoms with Crippen molar-refractivity contribution in [2.75, 3.05) is 34.0 Å². The number of likely N-dealkylation sites (N-methyl/N-ethyl adjacent to an activating group) is 1. The number of rotatable bonds is 5. The topological polar surface area (TPSA) is 97.4 Å². The van der Waals surface area contributed by atoms with Crippen LogP contribution in [0.4, 0.5) is 4.79 Å². The van der Waals surface area contributed by atoms with E-state index in [1.165, 1.54) is 5.56 Å². The second-order valence-corrected chi connectivity index (χ2v) is 12.3. The van der Waals surface area contributed by atoms with E-state index in [4.69, 9.17) is 14.2 Å². The molecule has 1 saturated heterocycles. The van der Waals surface area contributed by atoms with Crippen LogP contribution >= 0.6 is 0 Å². The van der Waals surface area contributed by atoms with Gasteiger partial charge < -0.3 is 29.3 Å². The highest BCUT2D eigenvalue weighted by Gasteiger charge is 2.48. The van der Waals surface area contributed by atoms with Gasteiger partial charge in [0.25, 0.3) is 0 Å². The van der Waals surface area contributed by atoms with E-state index in [2.05, 4.69) is 17.4 Å². The number of benzene rings is 2. The summed E-state index contributed by atoms with van der Waals surface area (Å²) in [5.74, 6) is 1.10. The number of nitrogens with zero attached hydrogens (tertiary/aromatic N) is 2. The molecular weight excluding hydrogens is 510 g/mol. The Balaban J connectivity index is 1.33.